The summed E-state index contributed by atoms with van der Waals surface area (Å²) in [5.41, 5.74) is 6.09. The van der Waals surface area contributed by atoms with Gasteiger partial charge in [0.1, 0.15) is 11.2 Å². The monoisotopic (exact) mass is 404 g/mol. The van der Waals surface area contributed by atoms with Gasteiger partial charge in [0.05, 0.1) is 5.39 Å². The van der Waals surface area contributed by atoms with Crippen LogP contribution >= 0.6 is 11.3 Å². The maximum absolute atomic E-state index is 4.54. The van der Waals surface area contributed by atoms with Crippen LogP contribution in [0.25, 0.3) is 16.3 Å². The van der Waals surface area contributed by atoms with Crippen molar-refractivity contribution in [3.63, 3.8) is 0 Å². The fraction of sp³-hybridized carbons (Fsp3) is 0.375. The molecule has 3 aromatic rings. The Bertz CT molecular complexity index is 1030. The zero-order chi connectivity index (χ0) is 20.3. The topological polar surface area (TPSA) is 50.2 Å². The third-order valence-electron chi connectivity index (χ3n) is 6.28. The van der Waals surface area contributed by atoms with Crippen LogP contribution in [0.3, 0.4) is 0 Å². The van der Waals surface area contributed by atoms with Crippen LogP contribution in [-0.4, -0.2) is 16.2 Å². The molecule has 0 unspecified atom stereocenters. The predicted molar refractivity (Wildman–Crippen MR) is 125 cm³/mol. The van der Waals surface area contributed by atoms with E-state index in [4.69, 9.17) is 0 Å². The van der Waals surface area contributed by atoms with E-state index in [0.29, 0.717) is 11.3 Å². The summed E-state index contributed by atoms with van der Waals surface area (Å²) in [6.45, 7) is 7.10. The Labute approximate surface area is 176 Å². The zero-order valence-electron chi connectivity index (χ0n) is 17.4. The zero-order valence-corrected chi connectivity index (χ0v) is 18.2. The number of hydrogen-bond donors (Lipinski definition) is 1. The minimum Gasteiger partial charge on any atom is -0.261 e. The van der Waals surface area contributed by atoms with Crippen LogP contribution in [0.4, 0.5) is 5.82 Å². The smallest absolute Gasteiger partial charge is 0.158 e. The molecule has 0 saturated heterocycles. The molecule has 1 aliphatic carbocycles. The molecular weight excluding hydrogens is 376 g/mol. The maximum Gasteiger partial charge on any atom is 0.158 e. The minimum absolute atomic E-state index is 0.357. The van der Waals surface area contributed by atoms with Crippen LogP contribution in [0.1, 0.15) is 49.6 Å². The lowest BCUT2D eigenvalue weighted by molar-refractivity contribution is 0.184. The second-order valence-corrected chi connectivity index (χ2v) is 9.43. The van der Waals surface area contributed by atoms with Gasteiger partial charge < -0.3 is 0 Å². The van der Waals surface area contributed by atoms with Gasteiger partial charge in [0.2, 0.25) is 0 Å². The van der Waals surface area contributed by atoms with Crippen LogP contribution in [0.15, 0.2) is 47.8 Å². The molecule has 150 valence electrons. The van der Waals surface area contributed by atoms with Crippen molar-refractivity contribution in [2.24, 2.45) is 16.4 Å². The number of benzene rings is 1. The van der Waals surface area contributed by atoms with Crippen molar-refractivity contribution < 1.29 is 0 Å². The molecule has 0 radical (unpaired) electrons. The summed E-state index contributed by atoms with van der Waals surface area (Å²) in [5, 5.41) is 5.53. The largest absolute Gasteiger partial charge is 0.261 e. The van der Waals surface area contributed by atoms with Crippen molar-refractivity contribution in [3.05, 3.63) is 58.7 Å². The van der Waals surface area contributed by atoms with Crippen LogP contribution in [0, 0.1) is 11.3 Å². The van der Waals surface area contributed by atoms with Crippen LogP contribution < -0.4 is 5.43 Å². The van der Waals surface area contributed by atoms with Gasteiger partial charge in [-0.3, -0.25) is 5.43 Å². The van der Waals surface area contributed by atoms with Gasteiger partial charge in [-0.15, -0.1) is 11.3 Å². The molecular formula is C24H28N4S. The number of aromatic nitrogens is 2. The van der Waals surface area contributed by atoms with Crippen molar-refractivity contribution in [2.45, 2.75) is 46.5 Å². The molecule has 0 saturated carbocycles. The Morgan fingerprint density at radius 2 is 2.07 bits per heavy atom. The van der Waals surface area contributed by atoms with E-state index in [-0.39, 0.29) is 0 Å². The molecule has 0 aliphatic heterocycles. The first kappa shape index (κ1) is 19.8. The second-order valence-electron chi connectivity index (χ2n) is 8.35. The summed E-state index contributed by atoms with van der Waals surface area (Å²) in [4.78, 5) is 11.6. The number of fused-ring (bicyclic) bond motifs is 3. The maximum atomic E-state index is 4.54. The number of anilines is 1. The Morgan fingerprint density at radius 1 is 1.24 bits per heavy atom. The molecule has 2 aromatic heterocycles. The van der Waals surface area contributed by atoms with Crippen molar-refractivity contribution in [1.82, 2.24) is 9.97 Å². The third kappa shape index (κ3) is 4.25. The van der Waals surface area contributed by atoms with E-state index in [1.807, 2.05) is 41.7 Å². The first-order valence-electron chi connectivity index (χ1n) is 10.3. The third-order valence-corrected chi connectivity index (χ3v) is 7.48. The van der Waals surface area contributed by atoms with E-state index >= 15 is 0 Å². The highest BCUT2D eigenvalue weighted by molar-refractivity contribution is 7.19. The highest BCUT2D eigenvalue weighted by atomic mass is 32.1. The number of nitrogens with zero attached hydrogens (tertiary/aromatic N) is 3. The van der Waals surface area contributed by atoms with Crippen molar-refractivity contribution in [2.75, 3.05) is 5.43 Å². The lowest BCUT2D eigenvalue weighted by atomic mass is 9.69. The van der Waals surface area contributed by atoms with Crippen LogP contribution in [0.2, 0.25) is 0 Å². The normalized spacial score (nSPS) is 17.3. The Morgan fingerprint density at radius 3 is 2.86 bits per heavy atom. The number of nitrogens with one attached hydrogen (secondary N) is 1. The van der Waals surface area contributed by atoms with E-state index in [9.17, 15) is 0 Å². The predicted octanol–water partition coefficient (Wildman–Crippen LogP) is 6.34. The first-order chi connectivity index (χ1) is 14.1. The molecule has 0 amide bonds. The summed E-state index contributed by atoms with van der Waals surface area (Å²) < 4.78 is 0. The number of thiophene rings is 1. The summed E-state index contributed by atoms with van der Waals surface area (Å²) in [5.74, 6) is 1.51. The quantitative estimate of drug-likeness (QED) is 0.385. The van der Waals surface area contributed by atoms with Crippen LogP contribution in [-0.2, 0) is 12.8 Å². The number of hydrazone groups is 1. The van der Waals surface area contributed by atoms with E-state index in [1.54, 1.807) is 12.5 Å². The van der Waals surface area contributed by atoms with Gasteiger partial charge in [0, 0.05) is 11.1 Å². The van der Waals surface area contributed by atoms with Gasteiger partial charge in [-0.1, -0.05) is 63.6 Å². The Balaban J connectivity index is 1.56. The fourth-order valence-electron chi connectivity index (χ4n) is 4.01. The number of allylic oxidation sites excluding steroid dienone is 1. The Hall–Kier alpha value is -2.53. The number of hydrogen-bond acceptors (Lipinski definition) is 5. The van der Waals surface area contributed by atoms with E-state index in [2.05, 4.69) is 53.4 Å². The summed E-state index contributed by atoms with van der Waals surface area (Å²) in [6, 6.07) is 10.2. The van der Waals surface area contributed by atoms with Gasteiger partial charge in [0.15, 0.2) is 5.82 Å². The lowest BCUT2D eigenvalue weighted by Gasteiger charge is -2.36. The molecule has 0 fully saturated rings. The molecule has 0 spiro atoms. The molecule has 2 heterocycles. The average Bonchev–Trinajstić information content (AvgIpc) is 3.13. The molecule has 1 aromatic carbocycles. The summed E-state index contributed by atoms with van der Waals surface area (Å²) in [7, 11) is 0. The Kier molecular flexibility index (Phi) is 5.76. The van der Waals surface area contributed by atoms with E-state index < -0.39 is 0 Å². The summed E-state index contributed by atoms with van der Waals surface area (Å²) in [6.07, 6.45) is 12.1. The second kappa shape index (κ2) is 8.46. The van der Waals surface area contributed by atoms with Crippen LogP contribution in [0.5, 0.6) is 0 Å². The lowest BCUT2D eigenvalue weighted by Crippen LogP contribution is -2.28. The van der Waals surface area contributed by atoms with Gasteiger partial charge in [-0.2, -0.15) is 5.10 Å². The number of rotatable bonds is 6. The first-order valence-corrected chi connectivity index (χ1v) is 11.2. The molecule has 5 heteroatoms. The molecule has 4 nitrogen and oxygen atoms in total. The van der Waals surface area contributed by atoms with Gasteiger partial charge in [0.25, 0.3) is 0 Å². The summed E-state index contributed by atoms with van der Waals surface area (Å²) >= 11 is 1.82. The van der Waals surface area contributed by atoms with Crippen molar-refractivity contribution in [1.29, 1.82) is 0 Å². The highest BCUT2D eigenvalue weighted by Gasteiger charge is 2.33. The van der Waals surface area contributed by atoms with Gasteiger partial charge in [-0.05, 0) is 47.8 Å². The van der Waals surface area contributed by atoms with Gasteiger partial charge >= 0.3 is 0 Å². The molecule has 0 bridgehead atoms. The van der Waals surface area contributed by atoms with Crippen molar-refractivity contribution in [3.8, 4) is 0 Å². The highest BCUT2D eigenvalue weighted by Crippen LogP contribution is 2.45. The number of aryl methyl sites for hydroxylation is 1. The van der Waals surface area contributed by atoms with E-state index in [0.717, 1.165) is 34.4 Å². The minimum atomic E-state index is 0.357. The van der Waals surface area contributed by atoms with Gasteiger partial charge in [-0.25, -0.2) is 9.97 Å². The molecule has 1 atom stereocenters. The SMILES string of the molecule is CCC(C)(C)[C@@H]1CCc2sc3ncnc(N/N=C\C=C\c4ccccc4)c3c2C1. The molecule has 1 N–H and O–H groups in total. The fourth-order valence-corrected chi connectivity index (χ4v) is 5.19. The van der Waals surface area contributed by atoms with E-state index in [1.165, 1.54) is 23.3 Å². The molecule has 1 aliphatic rings. The standard InChI is InChI=1S/C24H28N4S/c1-4-24(2,3)18-12-13-20-19(15-18)21-22(25-16-26-23(21)29-20)28-27-14-8-11-17-9-6-5-7-10-17/h5-11,14,16,18H,4,12-13,15H2,1-3H3,(H,25,26,28)/b11-8+,27-14-/t18-/m1/s1. The average molecular weight is 405 g/mol. The van der Waals surface area contributed by atoms with Crippen molar-refractivity contribution >= 4 is 39.7 Å². The molecule has 29 heavy (non-hydrogen) atoms. The molecule has 4 rings (SSSR count).